The third-order valence-electron chi connectivity index (χ3n) is 4.30. The fourth-order valence-electron chi connectivity index (χ4n) is 3.08. The van der Waals surface area contributed by atoms with Crippen LogP contribution in [0.5, 0.6) is 0 Å². The number of nitrogens with zero attached hydrogens (tertiary/aromatic N) is 3. The highest BCUT2D eigenvalue weighted by Gasteiger charge is 2.27. The molecule has 5 nitrogen and oxygen atoms in total. The Balaban J connectivity index is 1.76. The Labute approximate surface area is 137 Å². The minimum Gasteiger partial charge on any atom is -0.356 e. The van der Waals surface area contributed by atoms with E-state index in [2.05, 4.69) is 34.0 Å². The summed E-state index contributed by atoms with van der Waals surface area (Å²) in [5, 5.41) is 4.12. The molecular formula is C18H24N4O. The Morgan fingerprint density at radius 2 is 2.17 bits per heavy atom. The average molecular weight is 312 g/mol. The SMILES string of the molecule is CC(C)CNC(=O)C1CCCN(c2ncnc3ccccc23)C1. The zero-order valence-corrected chi connectivity index (χ0v) is 13.8. The van der Waals surface area contributed by atoms with Crippen LogP contribution in [0.4, 0.5) is 5.82 Å². The summed E-state index contributed by atoms with van der Waals surface area (Å²) in [6.45, 7) is 6.63. The number of benzene rings is 1. The number of hydrogen-bond acceptors (Lipinski definition) is 4. The Morgan fingerprint density at radius 3 is 3.00 bits per heavy atom. The van der Waals surface area contributed by atoms with Gasteiger partial charge in [-0.2, -0.15) is 0 Å². The number of hydrogen-bond donors (Lipinski definition) is 1. The molecule has 0 aliphatic carbocycles. The normalized spacial score (nSPS) is 18.4. The zero-order chi connectivity index (χ0) is 16.2. The van der Waals surface area contributed by atoms with Crippen LogP contribution in [0.3, 0.4) is 0 Å². The quantitative estimate of drug-likeness (QED) is 0.943. The van der Waals surface area contributed by atoms with Crippen molar-refractivity contribution in [1.29, 1.82) is 0 Å². The van der Waals surface area contributed by atoms with Crippen molar-refractivity contribution in [2.75, 3.05) is 24.5 Å². The van der Waals surface area contributed by atoms with Crippen LogP contribution in [0.25, 0.3) is 10.9 Å². The summed E-state index contributed by atoms with van der Waals surface area (Å²) in [5.74, 6) is 1.62. The molecule has 1 fully saturated rings. The van der Waals surface area contributed by atoms with Crippen LogP contribution in [0.15, 0.2) is 30.6 Å². The van der Waals surface area contributed by atoms with Crippen LogP contribution in [0.1, 0.15) is 26.7 Å². The molecule has 0 saturated carbocycles. The Bertz CT molecular complexity index is 680. The van der Waals surface area contributed by atoms with Gasteiger partial charge in [-0.3, -0.25) is 4.79 Å². The molecule has 2 heterocycles. The van der Waals surface area contributed by atoms with Gasteiger partial charge in [-0.15, -0.1) is 0 Å². The number of rotatable bonds is 4. The van der Waals surface area contributed by atoms with E-state index in [4.69, 9.17) is 0 Å². The topological polar surface area (TPSA) is 58.1 Å². The van der Waals surface area contributed by atoms with Gasteiger partial charge < -0.3 is 10.2 Å². The molecule has 3 rings (SSSR count). The fourth-order valence-corrected chi connectivity index (χ4v) is 3.08. The molecule has 23 heavy (non-hydrogen) atoms. The standard InChI is InChI=1S/C18H24N4O/c1-13(2)10-19-18(23)14-6-5-9-22(11-14)17-15-7-3-4-8-16(15)20-12-21-17/h3-4,7-8,12-14H,5-6,9-11H2,1-2H3,(H,19,23). The number of fused-ring (bicyclic) bond motifs is 1. The van der Waals surface area contributed by atoms with E-state index in [0.29, 0.717) is 5.92 Å². The van der Waals surface area contributed by atoms with E-state index in [1.807, 2.05) is 24.3 Å². The molecule has 1 N–H and O–H groups in total. The molecule has 0 spiro atoms. The number of nitrogens with one attached hydrogen (secondary N) is 1. The second-order valence-corrected chi connectivity index (χ2v) is 6.64. The molecule has 1 unspecified atom stereocenters. The van der Waals surface area contributed by atoms with E-state index in [0.717, 1.165) is 49.2 Å². The van der Waals surface area contributed by atoms with Crippen LogP contribution in [-0.2, 0) is 4.79 Å². The minimum atomic E-state index is 0.0382. The van der Waals surface area contributed by atoms with Crippen molar-refractivity contribution in [3.8, 4) is 0 Å². The molecule has 1 aliphatic rings. The average Bonchev–Trinajstić information content (AvgIpc) is 2.59. The molecule has 2 aromatic rings. The number of para-hydroxylation sites is 1. The van der Waals surface area contributed by atoms with E-state index in [1.165, 1.54) is 0 Å². The molecule has 5 heteroatoms. The monoisotopic (exact) mass is 312 g/mol. The molecule has 1 aromatic carbocycles. The molecule has 1 atom stereocenters. The van der Waals surface area contributed by atoms with Gasteiger partial charge in [0.1, 0.15) is 12.1 Å². The predicted molar refractivity (Wildman–Crippen MR) is 92.3 cm³/mol. The molecule has 1 saturated heterocycles. The lowest BCUT2D eigenvalue weighted by atomic mass is 9.96. The van der Waals surface area contributed by atoms with E-state index < -0.39 is 0 Å². The first kappa shape index (κ1) is 15.7. The lowest BCUT2D eigenvalue weighted by Crippen LogP contribution is -2.44. The maximum Gasteiger partial charge on any atom is 0.224 e. The predicted octanol–water partition coefficient (Wildman–Crippen LogP) is 2.62. The molecule has 1 aromatic heterocycles. The van der Waals surface area contributed by atoms with Gasteiger partial charge in [0, 0.05) is 25.0 Å². The second-order valence-electron chi connectivity index (χ2n) is 6.64. The maximum absolute atomic E-state index is 12.4. The van der Waals surface area contributed by atoms with Gasteiger partial charge in [0.05, 0.1) is 11.4 Å². The van der Waals surface area contributed by atoms with Crippen molar-refractivity contribution >= 4 is 22.6 Å². The van der Waals surface area contributed by atoms with Gasteiger partial charge in [0.25, 0.3) is 0 Å². The van der Waals surface area contributed by atoms with Crippen molar-refractivity contribution in [2.24, 2.45) is 11.8 Å². The highest BCUT2D eigenvalue weighted by Crippen LogP contribution is 2.27. The summed E-state index contributed by atoms with van der Waals surface area (Å²) >= 11 is 0. The third kappa shape index (κ3) is 3.60. The summed E-state index contributed by atoms with van der Waals surface area (Å²) in [6, 6.07) is 8.04. The van der Waals surface area contributed by atoms with Gasteiger partial charge in [0.15, 0.2) is 0 Å². The Kier molecular flexibility index (Phi) is 4.74. The van der Waals surface area contributed by atoms with Crippen molar-refractivity contribution in [3.05, 3.63) is 30.6 Å². The molecular weight excluding hydrogens is 288 g/mol. The molecule has 122 valence electrons. The zero-order valence-electron chi connectivity index (χ0n) is 13.8. The minimum absolute atomic E-state index is 0.0382. The Morgan fingerprint density at radius 1 is 1.35 bits per heavy atom. The molecule has 1 aliphatic heterocycles. The van der Waals surface area contributed by atoms with Crippen LogP contribution in [-0.4, -0.2) is 35.5 Å². The fraction of sp³-hybridized carbons (Fsp3) is 0.500. The lowest BCUT2D eigenvalue weighted by molar-refractivity contribution is -0.125. The largest absolute Gasteiger partial charge is 0.356 e. The molecule has 0 radical (unpaired) electrons. The number of piperidine rings is 1. The first-order valence-corrected chi connectivity index (χ1v) is 8.37. The van der Waals surface area contributed by atoms with Crippen LogP contribution in [0.2, 0.25) is 0 Å². The van der Waals surface area contributed by atoms with Gasteiger partial charge in [-0.1, -0.05) is 26.0 Å². The van der Waals surface area contributed by atoms with E-state index in [1.54, 1.807) is 6.33 Å². The maximum atomic E-state index is 12.4. The van der Waals surface area contributed by atoms with Crippen molar-refractivity contribution < 1.29 is 4.79 Å². The molecule has 1 amide bonds. The number of carbonyl (C=O) groups is 1. The molecule has 0 bridgehead atoms. The highest BCUT2D eigenvalue weighted by molar-refractivity contribution is 5.89. The smallest absolute Gasteiger partial charge is 0.224 e. The van der Waals surface area contributed by atoms with Crippen LogP contribution < -0.4 is 10.2 Å². The summed E-state index contributed by atoms with van der Waals surface area (Å²) in [7, 11) is 0. The summed E-state index contributed by atoms with van der Waals surface area (Å²) in [6.07, 6.45) is 3.57. The van der Waals surface area contributed by atoms with Crippen molar-refractivity contribution in [3.63, 3.8) is 0 Å². The summed E-state index contributed by atoms with van der Waals surface area (Å²) in [4.78, 5) is 23.4. The number of anilines is 1. The van der Waals surface area contributed by atoms with Gasteiger partial charge in [-0.05, 0) is 30.9 Å². The van der Waals surface area contributed by atoms with E-state index in [-0.39, 0.29) is 11.8 Å². The number of amides is 1. The summed E-state index contributed by atoms with van der Waals surface area (Å²) < 4.78 is 0. The first-order chi connectivity index (χ1) is 11.1. The Hall–Kier alpha value is -2.17. The lowest BCUT2D eigenvalue weighted by Gasteiger charge is -2.33. The van der Waals surface area contributed by atoms with Gasteiger partial charge in [-0.25, -0.2) is 9.97 Å². The number of aromatic nitrogens is 2. The van der Waals surface area contributed by atoms with Crippen molar-refractivity contribution in [1.82, 2.24) is 15.3 Å². The summed E-state index contributed by atoms with van der Waals surface area (Å²) in [5.41, 5.74) is 0.948. The van der Waals surface area contributed by atoms with Gasteiger partial charge in [0.2, 0.25) is 5.91 Å². The first-order valence-electron chi connectivity index (χ1n) is 8.37. The third-order valence-corrected chi connectivity index (χ3v) is 4.30. The highest BCUT2D eigenvalue weighted by atomic mass is 16.1. The van der Waals surface area contributed by atoms with Crippen molar-refractivity contribution in [2.45, 2.75) is 26.7 Å². The van der Waals surface area contributed by atoms with Crippen LogP contribution >= 0.6 is 0 Å². The second kappa shape index (κ2) is 6.94. The van der Waals surface area contributed by atoms with Crippen LogP contribution in [0, 0.1) is 11.8 Å². The van der Waals surface area contributed by atoms with E-state index >= 15 is 0 Å². The number of carbonyl (C=O) groups excluding carboxylic acids is 1. The van der Waals surface area contributed by atoms with E-state index in [9.17, 15) is 4.79 Å². The van der Waals surface area contributed by atoms with Gasteiger partial charge >= 0.3 is 0 Å².